The lowest BCUT2D eigenvalue weighted by Crippen LogP contribution is -2.23. The van der Waals surface area contributed by atoms with Crippen LogP contribution in [-0.2, 0) is 9.53 Å². The molecule has 68 valence electrons. The van der Waals surface area contributed by atoms with Crippen molar-refractivity contribution >= 4 is 5.97 Å². The maximum atomic E-state index is 10.6. The SMILES string of the molecule is C[C@@H](CO)[C@@H]1OC(=O)C(O)=C1O. The Morgan fingerprint density at radius 1 is 1.58 bits per heavy atom. The molecule has 12 heavy (non-hydrogen) atoms. The molecule has 0 aromatic heterocycles. The Kier molecular flexibility index (Phi) is 2.23. The van der Waals surface area contributed by atoms with E-state index in [9.17, 15) is 4.79 Å². The standard InChI is InChI=1S/C7H10O5/c1-3(2-8)6-4(9)5(10)7(11)12-6/h3,6,8-10H,2H2,1H3/t3-,6-/m0/s1. The van der Waals surface area contributed by atoms with Gasteiger partial charge in [0.15, 0.2) is 11.9 Å². The molecule has 2 atom stereocenters. The zero-order chi connectivity index (χ0) is 9.30. The molecule has 0 saturated carbocycles. The van der Waals surface area contributed by atoms with Crippen molar-refractivity contribution in [1.29, 1.82) is 0 Å². The van der Waals surface area contributed by atoms with Crippen molar-refractivity contribution in [1.82, 2.24) is 0 Å². The Hall–Kier alpha value is -1.23. The normalized spacial score (nSPS) is 25.8. The predicted octanol–water partition coefficient (Wildman–Crippen LogP) is -0.132. The highest BCUT2D eigenvalue weighted by molar-refractivity contribution is 5.89. The molecule has 3 N–H and O–H groups in total. The van der Waals surface area contributed by atoms with E-state index in [0.717, 1.165) is 0 Å². The van der Waals surface area contributed by atoms with Crippen LogP contribution in [0.5, 0.6) is 0 Å². The Bertz CT molecular complexity index is 232. The molecule has 0 unspecified atom stereocenters. The van der Waals surface area contributed by atoms with Gasteiger partial charge in [0.25, 0.3) is 0 Å². The first-order chi connectivity index (χ1) is 5.57. The zero-order valence-electron chi connectivity index (χ0n) is 6.52. The van der Waals surface area contributed by atoms with Crippen molar-refractivity contribution in [3.8, 4) is 0 Å². The quantitative estimate of drug-likeness (QED) is 0.507. The first-order valence-electron chi connectivity index (χ1n) is 3.51. The topological polar surface area (TPSA) is 87.0 Å². The van der Waals surface area contributed by atoms with Crippen LogP contribution >= 0.6 is 0 Å². The summed E-state index contributed by atoms with van der Waals surface area (Å²) < 4.78 is 4.57. The van der Waals surface area contributed by atoms with Crippen LogP contribution in [-0.4, -0.2) is 34.0 Å². The molecule has 1 rings (SSSR count). The number of cyclic esters (lactones) is 1. The molecule has 0 aromatic carbocycles. The molecule has 0 aromatic rings. The second-order valence-electron chi connectivity index (χ2n) is 2.72. The van der Waals surface area contributed by atoms with Gasteiger partial charge in [-0.25, -0.2) is 4.79 Å². The van der Waals surface area contributed by atoms with Crippen molar-refractivity contribution in [2.24, 2.45) is 5.92 Å². The summed E-state index contributed by atoms with van der Waals surface area (Å²) in [6.45, 7) is 1.36. The van der Waals surface area contributed by atoms with E-state index in [1.807, 2.05) is 0 Å². The molecule has 0 radical (unpaired) electrons. The summed E-state index contributed by atoms with van der Waals surface area (Å²) in [7, 11) is 0. The molecule has 5 heteroatoms. The molecule has 5 nitrogen and oxygen atoms in total. The smallest absolute Gasteiger partial charge is 0.377 e. The van der Waals surface area contributed by atoms with Gasteiger partial charge >= 0.3 is 5.97 Å². The van der Waals surface area contributed by atoms with Crippen molar-refractivity contribution in [2.45, 2.75) is 13.0 Å². The molecule has 0 saturated heterocycles. The largest absolute Gasteiger partial charge is 0.505 e. The third-order valence-corrected chi connectivity index (χ3v) is 1.74. The van der Waals surface area contributed by atoms with E-state index >= 15 is 0 Å². The molecule has 0 aliphatic carbocycles. The number of hydrogen-bond acceptors (Lipinski definition) is 5. The van der Waals surface area contributed by atoms with E-state index in [4.69, 9.17) is 15.3 Å². The van der Waals surface area contributed by atoms with E-state index in [-0.39, 0.29) is 6.61 Å². The number of hydrogen-bond donors (Lipinski definition) is 3. The van der Waals surface area contributed by atoms with Gasteiger partial charge in [-0.2, -0.15) is 0 Å². The van der Waals surface area contributed by atoms with Gasteiger partial charge in [0.2, 0.25) is 5.76 Å². The van der Waals surface area contributed by atoms with E-state index in [1.54, 1.807) is 6.92 Å². The fourth-order valence-corrected chi connectivity index (χ4v) is 0.948. The lowest BCUT2D eigenvalue weighted by molar-refractivity contribution is -0.144. The van der Waals surface area contributed by atoms with E-state index in [1.165, 1.54) is 0 Å². The maximum Gasteiger partial charge on any atom is 0.377 e. The highest BCUT2D eigenvalue weighted by Crippen LogP contribution is 2.24. The third kappa shape index (κ3) is 1.23. The molecule has 1 aliphatic rings. The van der Waals surface area contributed by atoms with Crippen molar-refractivity contribution in [2.75, 3.05) is 6.61 Å². The van der Waals surface area contributed by atoms with Gasteiger partial charge in [-0.15, -0.1) is 0 Å². The van der Waals surface area contributed by atoms with Crippen molar-refractivity contribution in [3.05, 3.63) is 11.5 Å². The molecule has 1 heterocycles. The number of esters is 1. The number of carbonyl (C=O) groups is 1. The number of aliphatic hydroxyl groups excluding tert-OH is 3. The van der Waals surface area contributed by atoms with E-state index in [2.05, 4.69) is 4.74 Å². The van der Waals surface area contributed by atoms with Gasteiger partial charge < -0.3 is 20.1 Å². The molecular formula is C7H10O5. The molecule has 0 amide bonds. The van der Waals surface area contributed by atoms with Gasteiger partial charge in [0, 0.05) is 12.5 Å². The summed E-state index contributed by atoms with van der Waals surface area (Å²) >= 11 is 0. The van der Waals surface area contributed by atoms with Crippen LogP contribution < -0.4 is 0 Å². The number of aliphatic hydroxyl groups is 3. The second kappa shape index (κ2) is 3.02. The number of carbonyl (C=O) groups excluding carboxylic acids is 1. The molecule has 0 spiro atoms. The van der Waals surface area contributed by atoms with Crippen LogP contribution in [0.4, 0.5) is 0 Å². The molecule has 0 bridgehead atoms. The Morgan fingerprint density at radius 2 is 2.17 bits per heavy atom. The minimum Gasteiger partial charge on any atom is -0.505 e. The van der Waals surface area contributed by atoms with Crippen LogP contribution in [0.1, 0.15) is 6.92 Å². The minimum atomic E-state index is -0.946. The average Bonchev–Trinajstić information content (AvgIpc) is 2.32. The highest BCUT2D eigenvalue weighted by Gasteiger charge is 2.37. The third-order valence-electron chi connectivity index (χ3n) is 1.74. The van der Waals surface area contributed by atoms with E-state index < -0.39 is 29.5 Å². The Morgan fingerprint density at radius 3 is 2.50 bits per heavy atom. The van der Waals surface area contributed by atoms with Gasteiger partial charge in [-0.3, -0.25) is 0 Å². The fraction of sp³-hybridized carbons (Fsp3) is 0.571. The van der Waals surface area contributed by atoms with Crippen molar-refractivity contribution < 1.29 is 24.9 Å². The van der Waals surface area contributed by atoms with Gasteiger partial charge in [0.1, 0.15) is 0 Å². The first kappa shape index (κ1) is 8.86. The van der Waals surface area contributed by atoms with Gasteiger partial charge in [0.05, 0.1) is 0 Å². The second-order valence-corrected chi connectivity index (χ2v) is 2.72. The zero-order valence-corrected chi connectivity index (χ0v) is 6.52. The van der Waals surface area contributed by atoms with Gasteiger partial charge in [-0.1, -0.05) is 6.92 Å². The first-order valence-corrected chi connectivity index (χ1v) is 3.51. The summed E-state index contributed by atoms with van der Waals surface area (Å²) in [6, 6.07) is 0. The molecule has 0 fully saturated rings. The summed E-state index contributed by atoms with van der Waals surface area (Å²) in [4.78, 5) is 10.6. The van der Waals surface area contributed by atoms with Crippen LogP contribution in [0.25, 0.3) is 0 Å². The maximum absolute atomic E-state index is 10.6. The monoisotopic (exact) mass is 174 g/mol. The highest BCUT2D eigenvalue weighted by atomic mass is 16.6. The van der Waals surface area contributed by atoms with Crippen molar-refractivity contribution in [3.63, 3.8) is 0 Å². The lowest BCUT2D eigenvalue weighted by Gasteiger charge is -2.14. The lowest BCUT2D eigenvalue weighted by atomic mass is 10.1. The summed E-state index contributed by atoms with van der Waals surface area (Å²) in [6.07, 6.45) is -0.914. The average molecular weight is 174 g/mol. The summed E-state index contributed by atoms with van der Waals surface area (Å²) in [5.41, 5.74) is 0. The van der Waals surface area contributed by atoms with Crippen LogP contribution in [0.15, 0.2) is 11.5 Å². The Labute approximate surface area is 68.9 Å². The Balaban J connectivity index is 2.80. The van der Waals surface area contributed by atoms with E-state index in [0.29, 0.717) is 0 Å². The summed E-state index contributed by atoms with van der Waals surface area (Å²) in [5, 5.41) is 26.6. The van der Waals surface area contributed by atoms with Crippen LogP contribution in [0.2, 0.25) is 0 Å². The number of ether oxygens (including phenoxy) is 1. The van der Waals surface area contributed by atoms with Crippen LogP contribution in [0, 0.1) is 5.92 Å². The fourth-order valence-electron chi connectivity index (χ4n) is 0.948. The predicted molar refractivity (Wildman–Crippen MR) is 38.4 cm³/mol. The summed E-state index contributed by atoms with van der Waals surface area (Å²) in [5.74, 6) is -2.63. The molecule has 1 aliphatic heterocycles. The van der Waals surface area contributed by atoms with Crippen LogP contribution in [0.3, 0.4) is 0 Å². The minimum absolute atomic E-state index is 0.227. The number of rotatable bonds is 2. The van der Waals surface area contributed by atoms with Gasteiger partial charge in [-0.05, 0) is 0 Å². The molecular weight excluding hydrogens is 164 g/mol.